The number of amides is 1. The number of aliphatic hydroxyl groups excluding tert-OH is 1. The highest BCUT2D eigenvalue weighted by Crippen LogP contribution is 2.27. The Hall–Kier alpha value is -2.56. The maximum absolute atomic E-state index is 12.0. The Balaban J connectivity index is 2.36. The Morgan fingerprint density at radius 3 is 2.60 bits per heavy atom. The molecule has 0 saturated heterocycles. The van der Waals surface area contributed by atoms with Crippen molar-refractivity contribution in [2.45, 2.75) is 13.8 Å². The van der Waals surface area contributed by atoms with Gasteiger partial charge in [-0.25, -0.2) is 4.79 Å². The van der Waals surface area contributed by atoms with Crippen molar-refractivity contribution >= 4 is 17.6 Å². The third-order valence-corrected chi connectivity index (χ3v) is 2.81. The van der Waals surface area contributed by atoms with Crippen molar-refractivity contribution in [1.82, 2.24) is 0 Å². The smallest absolute Gasteiger partial charge is 0.332 e. The van der Waals surface area contributed by atoms with Gasteiger partial charge in [0, 0.05) is 17.8 Å². The molecule has 5 heteroatoms. The average molecular weight is 273 g/mol. The van der Waals surface area contributed by atoms with Gasteiger partial charge in [0.05, 0.1) is 12.3 Å². The van der Waals surface area contributed by atoms with Crippen LogP contribution in [0.15, 0.2) is 47.9 Å². The fourth-order valence-electron chi connectivity index (χ4n) is 1.87. The summed E-state index contributed by atoms with van der Waals surface area (Å²) in [5.41, 5.74) is 1.92. The summed E-state index contributed by atoms with van der Waals surface area (Å²) < 4.78 is 4.81. The lowest BCUT2D eigenvalue weighted by Gasteiger charge is -2.18. The molecule has 20 heavy (non-hydrogen) atoms. The van der Waals surface area contributed by atoms with Crippen LogP contribution in [0.4, 0.5) is 5.69 Å². The number of aryl methyl sites for hydroxylation is 1. The van der Waals surface area contributed by atoms with Crippen LogP contribution in [-0.4, -0.2) is 23.6 Å². The molecule has 0 bridgehead atoms. The molecule has 104 valence electrons. The van der Waals surface area contributed by atoms with Gasteiger partial charge in [0.25, 0.3) is 5.91 Å². The predicted octanol–water partition coefficient (Wildman–Crippen LogP) is 2.23. The lowest BCUT2D eigenvalue weighted by molar-refractivity contribution is -0.137. The number of ether oxygens (including phenoxy) is 1. The highest BCUT2D eigenvalue weighted by Gasteiger charge is 2.29. The van der Waals surface area contributed by atoms with Crippen molar-refractivity contribution in [3.05, 3.63) is 53.4 Å². The highest BCUT2D eigenvalue weighted by atomic mass is 16.5. The lowest BCUT2D eigenvalue weighted by Crippen LogP contribution is -2.25. The highest BCUT2D eigenvalue weighted by molar-refractivity contribution is 6.11. The normalized spacial score (nSPS) is 16.5. The standard InChI is InChI=1S/C15H15NO4/c1-3-20-14(18)9-12-8-13(17)15(19)16(12)11-6-4-10(2)5-7-11/h4-9,17H,3H2,1-2H3/b12-9+. The number of carbonyl (C=O) groups is 2. The molecule has 2 rings (SSSR count). The largest absolute Gasteiger partial charge is 0.503 e. The topological polar surface area (TPSA) is 66.8 Å². The third kappa shape index (κ3) is 2.71. The van der Waals surface area contributed by atoms with Crippen LogP contribution in [0, 0.1) is 6.92 Å². The number of carbonyl (C=O) groups excluding carboxylic acids is 2. The first kappa shape index (κ1) is 13.9. The van der Waals surface area contributed by atoms with Crippen LogP contribution in [0.3, 0.4) is 0 Å². The van der Waals surface area contributed by atoms with Gasteiger partial charge in [0.15, 0.2) is 5.76 Å². The van der Waals surface area contributed by atoms with Gasteiger partial charge in [-0.1, -0.05) is 17.7 Å². The first-order valence-electron chi connectivity index (χ1n) is 6.23. The molecule has 1 heterocycles. The zero-order valence-electron chi connectivity index (χ0n) is 11.3. The summed E-state index contributed by atoms with van der Waals surface area (Å²) in [5.74, 6) is -1.52. The van der Waals surface area contributed by atoms with Crippen LogP contribution < -0.4 is 4.90 Å². The fourth-order valence-corrected chi connectivity index (χ4v) is 1.87. The summed E-state index contributed by atoms with van der Waals surface area (Å²) in [6, 6.07) is 7.19. The van der Waals surface area contributed by atoms with E-state index in [4.69, 9.17) is 4.74 Å². The van der Waals surface area contributed by atoms with E-state index in [0.717, 1.165) is 5.56 Å². The molecule has 0 unspecified atom stereocenters. The molecule has 1 N–H and O–H groups in total. The van der Waals surface area contributed by atoms with Crippen molar-refractivity contribution in [3.63, 3.8) is 0 Å². The van der Waals surface area contributed by atoms with E-state index in [1.54, 1.807) is 19.1 Å². The molecule has 0 spiro atoms. The van der Waals surface area contributed by atoms with Crippen molar-refractivity contribution in [2.24, 2.45) is 0 Å². The molecule has 0 fully saturated rings. The van der Waals surface area contributed by atoms with Crippen LogP contribution in [0.25, 0.3) is 0 Å². The van der Waals surface area contributed by atoms with Gasteiger partial charge in [-0.3, -0.25) is 9.69 Å². The minimum atomic E-state index is -0.565. The van der Waals surface area contributed by atoms with E-state index in [1.807, 2.05) is 19.1 Å². The first-order chi connectivity index (χ1) is 9.52. The maximum atomic E-state index is 12.0. The van der Waals surface area contributed by atoms with Crippen molar-refractivity contribution in [2.75, 3.05) is 11.5 Å². The van der Waals surface area contributed by atoms with Gasteiger partial charge in [-0.15, -0.1) is 0 Å². The van der Waals surface area contributed by atoms with E-state index < -0.39 is 17.6 Å². The van der Waals surface area contributed by atoms with Gasteiger partial charge in [0.2, 0.25) is 0 Å². The second kappa shape index (κ2) is 5.61. The number of hydrogen-bond acceptors (Lipinski definition) is 4. The molecule has 0 aliphatic carbocycles. The predicted molar refractivity (Wildman–Crippen MR) is 74.1 cm³/mol. The Morgan fingerprint density at radius 1 is 1.35 bits per heavy atom. The zero-order chi connectivity index (χ0) is 14.7. The van der Waals surface area contributed by atoms with Crippen molar-refractivity contribution < 1.29 is 19.4 Å². The second-order valence-corrected chi connectivity index (χ2v) is 4.33. The molecule has 1 aliphatic rings. The Kier molecular flexibility index (Phi) is 3.89. The van der Waals surface area contributed by atoms with E-state index in [1.165, 1.54) is 17.1 Å². The van der Waals surface area contributed by atoms with E-state index >= 15 is 0 Å². The quantitative estimate of drug-likeness (QED) is 0.677. The average Bonchev–Trinajstić information content (AvgIpc) is 2.66. The lowest BCUT2D eigenvalue weighted by atomic mass is 10.2. The molecule has 0 aromatic heterocycles. The van der Waals surface area contributed by atoms with Crippen LogP contribution in [0.5, 0.6) is 0 Å². The van der Waals surface area contributed by atoms with E-state index in [0.29, 0.717) is 5.69 Å². The number of anilines is 1. The first-order valence-corrected chi connectivity index (χ1v) is 6.23. The molecule has 0 saturated carbocycles. The minimum Gasteiger partial charge on any atom is -0.503 e. The van der Waals surface area contributed by atoms with Crippen LogP contribution in [0.1, 0.15) is 12.5 Å². The molecule has 0 atom stereocenters. The van der Waals surface area contributed by atoms with Crippen LogP contribution >= 0.6 is 0 Å². The Morgan fingerprint density at radius 2 is 2.00 bits per heavy atom. The molecule has 0 radical (unpaired) electrons. The molecule has 1 aliphatic heterocycles. The number of allylic oxidation sites excluding steroid dienone is 1. The number of nitrogens with zero attached hydrogens (tertiary/aromatic N) is 1. The fraction of sp³-hybridized carbons (Fsp3) is 0.200. The van der Waals surface area contributed by atoms with E-state index in [2.05, 4.69) is 0 Å². The Bertz CT molecular complexity index is 599. The summed E-state index contributed by atoms with van der Waals surface area (Å²) in [6.07, 6.45) is 2.43. The monoisotopic (exact) mass is 273 g/mol. The molecule has 1 aromatic rings. The van der Waals surface area contributed by atoms with Gasteiger partial charge >= 0.3 is 5.97 Å². The number of rotatable bonds is 3. The van der Waals surface area contributed by atoms with Crippen molar-refractivity contribution in [1.29, 1.82) is 0 Å². The third-order valence-electron chi connectivity index (χ3n) is 2.81. The molecule has 1 amide bonds. The summed E-state index contributed by atoms with van der Waals surface area (Å²) in [4.78, 5) is 24.7. The number of benzene rings is 1. The van der Waals surface area contributed by atoms with E-state index in [9.17, 15) is 14.7 Å². The number of esters is 1. The second-order valence-electron chi connectivity index (χ2n) is 4.33. The molecular weight excluding hydrogens is 258 g/mol. The summed E-state index contributed by atoms with van der Waals surface area (Å²) in [6.45, 7) is 3.87. The summed E-state index contributed by atoms with van der Waals surface area (Å²) in [7, 11) is 0. The molecule has 5 nitrogen and oxygen atoms in total. The number of hydrogen-bond donors (Lipinski definition) is 1. The van der Waals surface area contributed by atoms with Crippen LogP contribution in [-0.2, 0) is 14.3 Å². The van der Waals surface area contributed by atoms with Gasteiger partial charge in [-0.05, 0) is 26.0 Å². The van der Waals surface area contributed by atoms with Gasteiger partial charge < -0.3 is 9.84 Å². The maximum Gasteiger partial charge on any atom is 0.332 e. The van der Waals surface area contributed by atoms with Crippen LogP contribution in [0.2, 0.25) is 0 Å². The minimum absolute atomic E-state index is 0.247. The molecule has 1 aromatic carbocycles. The molecular formula is C15H15NO4. The zero-order valence-corrected chi connectivity index (χ0v) is 11.3. The summed E-state index contributed by atoms with van der Waals surface area (Å²) in [5, 5.41) is 9.57. The van der Waals surface area contributed by atoms with E-state index in [-0.39, 0.29) is 12.3 Å². The Labute approximate surface area is 116 Å². The SMILES string of the molecule is CCOC(=O)/C=C1\C=C(O)C(=O)N1c1ccc(C)cc1. The number of aliphatic hydroxyl groups is 1. The van der Waals surface area contributed by atoms with Crippen molar-refractivity contribution in [3.8, 4) is 0 Å². The van der Waals surface area contributed by atoms with Gasteiger partial charge in [-0.2, -0.15) is 0 Å². The summed E-state index contributed by atoms with van der Waals surface area (Å²) >= 11 is 0. The van der Waals surface area contributed by atoms with Gasteiger partial charge in [0.1, 0.15) is 0 Å².